The molecule has 0 spiro atoms. The van der Waals surface area contributed by atoms with E-state index in [1.807, 2.05) is 30.3 Å². The predicted molar refractivity (Wildman–Crippen MR) is 130 cm³/mol. The highest BCUT2D eigenvalue weighted by Crippen LogP contribution is 2.44. The second-order valence-electron chi connectivity index (χ2n) is 10.0. The van der Waals surface area contributed by atoms with Crippen LogP contribution < -0.4 is 16.0 Å². The van der Waals surface area contributed by atoms with Gasteiger partial charge < -0.3 is 20.7 Å². The number of nitrogens with one attached hydrogen (secondary N) is 3. The van der Waals surface area contributed by atoms with Crippen LogP contribution in [0.2, 0.25) is 0 Å². The van der Waals surface area contributed by atoms with Crippen molar-refractivity contribution in [3.05, 3.63) is 42.3 Å². The van der Waals surface area contributed by atoms with Gasteiger partial charge >= 0.3 is 0 Å². The Labute approximate surface area is 191 Å². The Morgan fingerprint density at radius 2 is 1.91 bits per heavy atom. The van der Waals surface area contributed by atoms with E-state index in [4.69, 9.17) is 4.74 Å². The second kappa shape index (κ2) is 10.2. The zero-order valence-electron chi connectivity index (χ0n) is 19.6. The van der Waals surface area contributed by atoms with Gasteiger partial charge in [0.15, 0.2) is 0 Å². The first-order valence-corrected chi connectivity index (χ1v) is 12.0. The number of nitrogens with zero attached hydrogens (tertiary/aromatic N) is 1. The molecule has 0 saturated heterocycles. The molecule has 1 unspecified atom stereocenters. The molecule has 2 aliphatic carbocycles. The number of benzene rings is 1. The van der Waals surface area contributed by atoms with Crippen LogP contribution in [0.25, 0.3) is 11.1 Å². The van der Waals surface area contributed by atoms with Gasteiger partial charge in [0.2, 0.25) is 0 Å². The standard InChI is InChI=1S/C26H37FN4O/c1-18(16-32-3)30-20-7-9-21(10-8-20)31-25-14-23(24(27)15-28-25)19-5-4-6-22(13-19)29-17-26(2)11-12-26/h4-6,13-15,18,20-21,29-30H,7-12,16-17H2,1-3H3,(H,28,31). The maximum atomic E-state index is 14.7. The topological polar surface area (TPSA) is 58.2 Å². The number of pyridine rings is 1. The summed E-state index contributed by atoms with van der Waals surface area (Å²) in [6, 6.07) is 11.1. The van der Waals surface area contributed by atoms with E-state index in [1.54, 1.807) is 7.11 Å². The molecule has 0 aliphatic heterocycles. The molecule has 6 heteroatoms. The second-order valence-corrected chi connectivity index (χ2v) is 10.0. The van der Waals surface area contributed by atoms with Crippen molar-refractivity contribution >= 4 is 11.5 Å². The number of rotatable bonds is 10. The van der Waals surface area contributed by atoms with E-state index in [2.05, 4.69) is 34.8 Å². The summed E-state index contributed by atoms with van der Waals surface area (Å²) in [5, 5.41) is 10.7. The van der Waals surface area contributed by atoms with Crippen LogP contribution >= 0.6 is 0 Å². The lowest BCUT2D eigenvalue weighted by Crippen LogP contribution is -2.42. The Morgan fingerprint density at radius 1 is 1.16 bits per heavy atom. The molecule has 3 N–H and O–H groups in total. The van der Waals surface area contributed by atoms with Gasteiger partial charge in [-0.15, -0.1) is 0 Å². The molecule has 2 fully saturated rings. The third-order valence-electron chi connectivity index (χ3n) is 6.87. The minimum absolute atomic E-state index is 0.290. The molecule has 174 valence electrons. The number of hydrogen-bond donors (Lipinski definition) is 3. The fourth-order valence-electron chi connectivity index (χ4n) is 4.56. The fourth-order valence-corrected chi connectivity index (χ4v) is 4.56. The van der Waals surface area contributed by atoms with Gasteiger partial charge in [-0.3, -0.25) is 0 Å². The van der Waals surface area contributed by atoms with E-state index >= 15 is 0 Å². The maximum Gasteiger partial charge on any atom is 0.149 e. The molecule has 1 heterocycles. The number of halogens is 1. The Kier molecular flexibility index (Phi) is 7.31. The molecule has 4 rings (SSSR count). The van der Waals surface area contributed by atoms with Crippen LogP contribution in [-0.2, 0) is 4.74 Å². The van der Waals surface area contributed by atoms with E-state index in [0.717, 1.165) is 55.9 Å². The summed E-state index contributed by atoms with van der Waals surface area (Å²) < 4.78 is 19.9. The van der Waals surface area contributed by atoms with Crippen molar-refractivity contribution < 1.29 is 9.13 Å². The predicted octanol–water partition coefficient (Wildman–Crippen LogP) is 5.45. The van der Waals surface area contributed by atoms with Gasteiger partial charge in [-0.2, -0.15) is 0 Å². The third kappa shape index (κ3) is 6.20. The van der Waals surface area contributed by atoms with Crippen molar-refractivity contribution in [2.75, 3.05) is 30.9 Å². The smallest absolute Gasteiger partial charge is 0.149 e. The highest BCUT2D eigenvalue weighted by molar-refractivity contribution is 5.70. The van der Waals surface area contributed by atoms with Gasteiger partial charge in [0.05, 0.1) is 12.8 Å². The highest BCUT2D eigenvalue weighted by atomic mass is 19.1. The molecular formula is C26H37FN4O. The van der Waals surface area contributed by atoms with Gasteiger partial charge in [0.1, 0.15) is 11.6 Å². The quantitative estimate of drug-likeness (QED) is 0.459. The molecule has 1 atom stereocenters. The van der Waals surface area contributed by atoms with Crippen molar-refractivity contribution in [1.82, 2.24) is 10.3 Å². The summed E-state index contributed by atoms with van der Waals surface area (Å²) in [4.78, 5) is 4.32. The largest absolute Gasteiger partial charge is 0.384 e. The Bertz CT molecular complexity index is 893. The molecular weight excluding hydrogens is 403 g/mol. The van der Waals surface area contributed by atoms with Gasteiger partial charge in [-0.1, -0.05) is 19.1 Å². The van der Waals surface area contributed by atoms with E-state index < -0.39 is 0 Å². The van der Waals surface area contributed by atoms with Gasteiger partial charge in [-0.05, 0) is 74.6 Å². The van der Waals surface area contributed by atoms with Crippen LogP contribution in [0.1, 0.15) is 52.4 Å². The van der Waals surface area contributed by atoms with Crippen LogP contribution in [0.15, 0.2) is 36.5 Å². The van der Waals surface area contributed by atoms with Crippen LogP contribution in [0.4, 0.5) is 15.9 Å². The number of methoxy groups -OCH3 is 1. The zero-order chi connectivity index (χ0) is 22.6. The molecule has 5 nitrogen and oxygen atoms in total. The van der Waals surface area contributed by atoms with E-state index in [1.165, 1.54) is 19.0 Å². The number of hydrogen-bond acceptors (Lipinski definition) is 5. The fraction of sp³-hybridized carbons (Fsp3) is 0.577. The first-order chi connectivity index (χ1) is 15.4. The molecule has 1 aromatic heterocycles. The molecule has 32 heavy (non-hydrogen) atoms. The first-order valence-electron chi connectivity index (χ1n) is 12.0. The zero-order valence-corrected chi connectivity index (χ0v) is 19.6. The lowest BCUT2D eigenvalue weighted by molar-refractivity contribution is 0.161. The molecule has 2 aromatic rings. The molecule has 0 bridgehead atoms. The van der Waals surface area contributed by atoms with Crippen LogP contribution in [0.5, 0.6) is 0 Å². The highest BCUT2D eigenvalue weighted by Gasteiger charge is 2.36. The summed E-state index contributed by atoms with van der Waals surface area (Å²) in [5.74, 6) is 0.455. The van der Waals surface area contributed by atoms with Crippen molar-refractivity contribution in [3.63, 3.8) is 0 Å². The van der Waals surface area contributed by atoms with Crippen molar-refractivity contribution in [1.29, 1.82) is 0 Å². The lowest BCUT2D eigenvalue weighted by atomic mass is 9.90. The van der Waals surface area contributed by atoms with Crippen molar-refractivity contribution in [2.24, 2.45) is 5.41 Å². The average Bonchev–Trinajstić information content (AvgIpc) is 3.53. The van der Waals surface area contributed by atoms with Gasteiger partial charge in [0, 0.05) is 43.0 Å². The number of aromatic nitrogens is 1. The van der Waals surface area contributed by atoms with E-state index in [9.17, 15) is 4.39 Å². The Morgan fingerprint density at radius 3 is 2.62 bits per heavy atom. The molecule has 2 aliphatic rings. The van der Waals surface area contributed by atoms with Gasteiger partial charge in [0.25, 0.3) is 0 Å². The van der Waals surface area contributed by atoms with Crippen LogP contribution in [0.3, 0.4) is 0 Å². The van der Waals surface area contributed by atoms with Crippen molar-refractivity contribution in [3.8, 4) is 11.1 Å². The first kappa shape index (κ1) is 23.0. The van der Waals surface area contributed by atoms with Crippen LogP contribution in [0, 0.1) is 11.2 Å². The SMILES string of the molecule is COCC(C)NC1CCC(Nc2cc(-c3cccc(NCC4(C)CC4)c3)c(F)cn2)CC1. The van der Waals surface area contributed by atoms with Crippen molar-refractivity contribution in [2.45, 2.75) is 70.5 Å². The summed E-state index contributed by atoms with van der Waals surface area (Å²) in [7, 11) is 1.74. The normalized spacial score (nSPS) is 22.9. The monoisotopic (exact) mass is 440 g/mol. The molecule has 1 aromatic carbocycles. The minimum Gasteiger partial charge on any atom is -0.384 e. The van der Waals surface area contributed by atoms with E-state index in [0.29, 0.717) is 29.1 Å². The maximum absolute atomic E-state index is 14.7. The average molecular weight is 441 g/mol. The Hall–Kier alpha value is -2.18. The van der Waals surface area contributed by atoms with E-state index in [-0.39, 0.29) is 5.82 Å². The summed E-state index contributed by atoms with van der Waals surface area (Å²) in [6.45, 7) is 6.16. The number of anilines is 2. The number of ether oxygens (including phenoxy) is 1. The molecule has 0 amide bonds. The molecule has 0 radical (unpaired) electrons. The third-order valence-corrected chi connectivity index (χ3v) is 6.87. The summed E-state index contributed by atoms with van der Waals surface area (Å²) in [6.07, 6.45) is 8.27. The van der Waals surface area contributed by atoms with Gasteiger partial charge in [-0.25, -0.2) is 9.37 Å². The minimum atomic E-state index is -0.290. The summed E-state index contributed by atoms with van der Waals surface area (Å²) >= 11 is 0. The van der Waals surface area contributed by atoms with Crippen LogP contribution in [-0.4, -0.2) is 43.4 Å². The summed E-state index contributed by atoms with van der Waals surface area (Å²) in [5.41, 5.74) is 2.92. The lowest BCUT2D eigenvalue weighted by Gasteiger charge is -2.31. The Balaban J connectivity index is 1.36. The molecule has 2 saturated carbocycles.